The maximum absolute atomic E-state index is 13.1. The summed E-state index contributed by atoms with van der Waals surface area (Å²) < 4.78 is 18.8. The molecule has 0 unspecified atom stereocenters. The minimum Gasteiger partial charge on any atom is -0.484 e. The first-order valence-corrected chi connectivity index (χ1v) is 18.0. The molecule has 0 aromatic heterocycles. The Morgan fingerprint density at radius 3 is 2.52 bits per heavy atom. The number of amides is 3. The summed E-state index contributed by atoms with van der Waals surface area (Å²) in [6.07, 6.45) is 2.05. The van der Waals surface area contributed by atoms with Crippen LogP contribution in [0.1, 0.15) is 69.6 Å². The number of nitrogens with zero attached hydrogens (tertiary/aromatic N) is 1. The molecular weight excluding hydrogens is 776 g/mol. The highest BCUT2D eigenvalue weighted by molar-refractivity contribution is 9.11. The van der Waals surface area contributed by atoms with E-state index in [9.17, 15) is 24.5 Å². The fourth-order valence-corrected chi connectivity index (χ4v) is 6.41. The molecule has 2 aliphatic heterocycles. The van der Waals surface area contributed by atoms with E-state index in [-0.39, 0.29) is 61.4 Å². The molecule has 0 radical (unpaired) electrons. The lowest BCUT2D eigenvalue weighted by molar-refractivity contribution is -0.385. The van der Waals surface area contributed by atoms with Crippen molar-refractivity contribution in [3.05, 3.63) is 90.3 Å². The summed E-state index contributed by atoms with van der Waals surface area (Å²) in [5.41, 5.74) is 1.42. The van der Waals surface area contributed by atoms with Crippen molar-refractivity contribution in [2.45, 2.75) is 84.0 Å². The number of hydrogen-bond donors (Lipinski definition) is 3. The molecule has 0 saturated carbocycles. The summed E-state index contributed by atoms with van der Waals surface area (Å²) in [7, 11) is 0. The van der Waals surface area contributed by atoms with Gasteiger partial charge in [0.2, 0.25) is 17.6 Å². The number of nitro benzene ring substituents is 1. The van der Waals surface area contributed by atoms with Gasteiger partial charge in [-0.3, -0.25) is 19.7 Å². The van der Waals surface area contributed by atoms with Crippen LogP contribution < -0.4 is 25.4 Å². The first kappa shape index (κ1) is 38.6. The molecule has 3 aromatic carbocycles. The van der Waals surface area contributed by atoms with Gasteiger partial charge in [-0.05, 0) is 114 Å². The van der Waals surface area contributed by atoms with Crippen LogP contribution in [0.4, 0.5) is 10.5 Å². The van der Waals surface area contributed by atoms with Crippen LogP contribution in [-0.2, 0) is 33.8 Å². The molecule has 3 N–H and O–H groups in total. The fourth-order valence-electron chi connectivity index (χ4n) is 5.27. The molecule has 4 bridgehead atoms. The molecule has 12 nitrogen and oxygen atoms in total. The Hall–Kier alpha value is -4.17. The standard InChI is InChI=1S/C36H42Br2N4O8/c1-36(2,3)50-35(45)40-17-8-7-11-26-21-31(44)39-18-16-25-20-27(37)33(48-22-24-9-5-4-6-10-24)34(32(25)38)49-29-14-12-23(13-15-30(43)41-26)19-28(29)42(46)47/h4-6,9-10,12,14,19-20,26H,7-8,11,13,15-18,21-22H2,1-3H3,(H,39,44)(H,40,45)(H,41,43)/t26-/m0/s1. The molecule has 2 heterocycles. The minimum absolute atomic E-state index is 0.00755. The number of fused-ring (bicyclic) bond motifs is 11. The summed E-state index contributed by atoms with van der Waals surface area (Å²) in [4.78, 5) is 49.7. The number of benzene rings is 3. The lowest BCUT2D eigenvalue weighted by Crippen LogP contribution is -2.40. The number of ether oxygens (including phenoxy) is 3. The molecule has 0 aliphatic carbocycles. The van der Waals surface area contributed by atoms with Gasteiger partial charge in [-0.2, -0.15) is 0 Å². The summed E-state index contributed by atoms with van der Waals surface area (Å²) in [6, 6.07) is 15.6. The quantitative estimate of drug-likeness (QED) is 0.113. The molecule has 0 saturated heterocycles. The van der Waals surface area contributed by atoms with E-state index in [1.54, 1.807) is 26.8 Å². The van der Waals surface area contributed by atoms with Crippen molar-refractivity contribution >= 4 is 55.5 Å². The highest BCUT2D eigenvalue weighted by atomic mass is 79.9. The number of carbonyl (C=O) groups is 3. The molecule has 14 heteroatoms. The maximum Gasteiger partial charge on any atom is 0.407 e. The summed E-state index contributed by atoms with van der Waals surface area (Å²) >= 11 is 7.25. The van der Waals surface area contributed by atoms with Gasteiger partial charge < -0.3 is 30.2 Å². The van der Waals surface area contributed by atoms with Gasteiger partial charge in [0.15, 0.2) is 11.5 Å². The maximum atomic E-state index is 13.1. The highest BCUT2D eigenvalue weighted by Crippen LogP contribution is 2.47. The zero-order valence-corrected chi connectivity index (χ0v) is 31.5. The van der Waals surface area contributed by atoms with Gasteiger partial charge in [0.25, 0.3) is 0 Å². The number of halogens is 2. The Labute approximate surface area is 308 Å². The Morgan fingerprint density at radius 1 is 1.04 bits per heavy atom. The van der Waals surface area contributed by atoms with E-state index in [4.69, 9.17) is 14.2 Å². The van der Waals surface area contributed by atoms with Gasteiger partial charge in [0.1, 0.15) is 12.2 Å². The van der Waals surface area contributed by atoms with E-state index in [0.717, 1.165) is 11.1 Å². The number of carbonyl (C=O) groups excluding carboxylic acids is 3. The molecule has 2 aliphatic rings. The lowest BCUT2D eigenvalue weighted by atomic mass is 10.0. The first-order valence-electron chi connectivity index (χ1n) is 16.4. The number of unbranched alkanes of at least 4 members (excludes halogenated alkanes) is 1. The van der Waals surface area contributed by atoms with Crippen molar-refractivity contribution < 1.29 is 33.5 Å². The average Bonchev–Trinajstić information content (AvgIpc) is 3.05. The van der Waals surface area contributed by atoms with Crippen molar-refractivity contribution in [2.75, 3.05) is 13.1 Å². The van der Waals surface area contributed by atoms with Gasteiger partial charge in [-0.25, -0.2) is 4.79 Å². The monoisotopic (exact) mass is 816 g/mol. The third-order valence-electron chi connectivity index (χ3n) is 7.67. The third kappa shape index (κ3) is 12.0. The van der Waals surface area contributed by atoms with Crippen molar-refractivity contribution in [3.8, 4) is 17.2 Å². The molecule has 50 heavy (non-hydrogen) atoms. The van der Waals surface area contributed by atoms with Crippen LogP contribution in [0.3, 0.4) is 0 Å². The molecule has 0 spiro atoms. The van der Waals surface area contributed by atoms with Gasteiger partial charge in [0.05, 0.1) is 13.9 Å². The van der Waals surface area contributed by atoms with Crippen LogP contribution in [0.5, 0.6) is 17.2 Å². The molecule has 3 aromatic rings. The second-order valence-electron chi connectivity index (χ2n) is 12.9. The molecule has 0 fully saturated rings. The normalized spacial score (nSPS) is 15.5. The van der Waals surface area contributed by atoms with Gasteiger partial charge >= 0.3 is 11.8 Å². The number of aryl methyl sites for hydroxylation is 1. The van der Waals surface area contributed by atoms with Crippen LogP contribution in [0.25, 0.3) is 0 Å². The number of alkyl carbamates (subject to hydrolysis) is 1. The highest BCUT2D eigenvalue weighted by Gasteiger charge is 2.25. The average molecular weight is 819 g/mol. The number of nitrogens with one attached hydrogen (secondary N) is 3. The lowest BCUT2D eigenvalue weighted by Gasteiger charge is -2.21. The molecule has 3 amide bonds. The van der Waals surface area contributed by atoms with Crippen molar-refractivity contribution in [1.29, 1.82) is 0 Å². The van der Waals surface area contributed by atoms with E-state index in [1.807, 2.05) is 36.4 Å². The third-order valence-corrected chi connectivity index (χ3v) is 9.12. The van der Waals surface area contributed by atoms with Crippen LogP contribution in [-0.4, -0.2) is 47.6 Å². The van der Waals surface area contributed by atoms with Gasteiger partial charge in [-0.15, -0.1) is 0 Å². The Kier molecular flexibility index (Phi) is 14.0. The van der Waals surface area contributed by atoms with E-state index in [0.29, 0.717) is 52.5 Å². The van der Waals surface area contributed by atoms with E-state index in [1.165, 1.54) is 12.1 Å². The van der Waals surface area contributed by atoms with Gasteiger partial charge in [0, 0.05) is 38.0 Å². The Morgan fingerprint density at radius 2 is 1.80 bits per heavy atom. The number of rotatable bonds is 9. The predicted octanol–water partition coefficient (Wildman–Crippen LogP) is 7.67. The largest absolute Gasteiger partial charge is 0.484 e. The SMILES string of the molecule is CC(C)(C)OC(=O)NCCCC[C@H]1CC(=O)NCCc2cc(Br)c(OCc3ccccc3)c(c2Br)Oc2ccc(cc2[N+](=O)[O-])CCC(=O)N1. The summed E-state index contributed by atoms with van der Waals surface area (Å²) in [5.74, 6) is 0.107. The Bertz CT molecular complexity index is 1680. The second kappa shape index (κ2) is 18.2. The van der Waals surface area contributed by atoms with Crippen molar-refractivity contribution in [2.24, 2.45) is 0 Å². The zero-order valence-electron chi connectivity index (χ0n) is 28.3. The topological polar surface area (TPSA) is 158 Å². The van der Waals surface area contributed by atoms with Crippen molar-refractivity contribution in [3.63, 3.8) is 0 Å². The zero-order chi connectivity index (χ0) is 36.3. The summed E-state index contributed by atoms with van der Waals surface area (Å²) in [5, 5.41) is 20.8. The first-order chi connectivity index (χ1) is 23.8. The number of nitro groups is 1. The molecule has 5 rings (SSSR count). The van der Waals surface area contributed by atoms with Crippen LogP contribution in [0, 0.1) is 10.1 Å². The van der Waals surface area contributed by atoms with E-state index >= 15 is 0 Å². The number of hydrogen-bond acceptors (Lipinski definition) is 8. The van der Waals surface area contributed by atoms with Crippen molar-refractivity contribution in [1.82, 2.24) is 16.0 Å². The summed E-state index contributed by atoms with van der Waals surface area (Å²) in [6.45, 7) is 6.27. The molecule has 1 atom stereocenters. The van der Waals surface area contributed by atoms with E-state index in [2.05, 4.69) is 47.8 Å². The smallest absolute Gasteiger partial charge is 0.407 e. The fraction of sp³-hybridized carbons (Fsp3) is 0.417. The van der Waals surface area contributed by atoms with Crippen LogP contribution in [0.2, 0.25) is 0 Å². The second-order valence-corrected chi connectivity index (χ2v) is 14.6. The predicted molar refractivity (Wildman–Crippen MR) is 195 cm³/mol. The minimum atomic E-state index is -0.597. The van der Waals surface area contributed by atoms with Crippen LogP contribution in [0.15, 0.2) is 63.5 Å². The van der Waals surface area contributed by atoms with E-state index < -0.39 is 22.7 Å². The molecular formula is C36H42Br2N4O8. The Balaban J connectivity index is 1.55. The molecule has 268 valence electrons. The van der Waals surface area contributed by atoms with Gasteiger partial charge in [-0.1, -0.05) is 36.4 Å². The van der Waals surface area contributed by atoms with Crippen LogP contribution >= 0.6 is 31.9 Å².